The highest BCUT2D eigenvalue weighted by molar-refractivity contribution is 5.99. The lowest BCUT2D eigenvalue weighted by Crippen LogP contribution is -2.19. The zero-order valence-electron chi connectivity index (χ0n) is 14.6. The van der Waals surface area contributed by atoms with Crippen molar-refractivity contribution in [2.75, 3.05) is 5.32 Å². The number of nitrogens with one attached hydrogen (secondary N) is 2. The second kappa shape index (κ2) is 8.25. The van der Waals surface area contributed by atoms with Crippen LogP contribution < -0.4 is 10.7 Å². The Balaban J connectivity index is 1.53. The van der Waals surface area contributed by atoms with Crippen LogP contribution >= 0.6 is 0 Å². The zero-order valence-corrected chi connectivity index (χ0v) is 14.6. The van der Waals surface area contributed by atoms with E-state index in [9.17, 15) is 9.59 Å². The summed E-state index contributed by atoms with van der Waals surface area (Å²) in [5, 5.41) is 6.92. The molecule has 1 saturated carbocycles. The summed E-state index contributed by atoms with van der Waals surface area (Å²) in [6.45, 7) is 1.82. The Hall–Kier alpha value is -3.21. The van der Waals surface area contributed by atoms with Crippen LogP contribution in [0.4, 0.5) is 5.69 Å². The maximum absolute atomic E-state index is 12.1. The molecule has 5 heteroatoms. The average Bonchev–Trinajstić information content (AvgIpc) is 3.51. The Bertz CT molecular complexity index is 835. The van der Waals surface area contributed by atoms with Gasteiger partial charge in [-0.1, -0.05) is 36.4 Å². The number of hydrogen-bond acceptors (Lipinski definition) is 3. The van der Waals surface area contributed by atoms with E-state index in [1.54, 1.807) is 24.3 Å². The van der Waals surface area contributed by atoms with Gasteiger partial charge in [0.25, 0.3) is 5.91 Å². The van der Waals surface area contributed by atoms with Crippen LogP contribution in [-0.4, -0.2) is 17.5 Å². The summed E-state index contributed by atoms with van der Waals surface area (Å²) in [5.74, 6) is -0.0932. The molecule has 1 aliphatic carbocycles. The van der Waals surface area contributed by atoms with Crippen molar-refractivity contribution in [1.29, 1.82) is 0 Å². The van der Waals surface area contributed by atoms with Gasteiger partial charge in [-0.25, -0.2) is 5.43 Å². The number of carbonyl (C=O) groups excluding carboxylic acids is 2. The molecule has 5 nitrogen and oxygen atoms in total. The standard InChI is InChI=1S/C21H21N3O2/c1-15(7-8-16-5-3-2-4-6-16)23-24-21(26)18-11-13-19(14-12-18)22-20(25)17-9-10-17/h2-8,11-14,17H,9-10H2,1H3,(H,22,25)(H,24,26). The smallest absolute Gasteiger partial charge is 0.271 e. The lowest BCUT2D eigenvalue weighted by Gasteiger charge is -2.05. The second-order valence-corrected chi connectivity index (χ2v) is 6.28. The Labute approximate surface area is 152 Å². The molecule has 1 aliphatic rings. The normalized spacial score (nSPS) is 14.3. The Morgan fingerprint density at radius 1 is 1.04 bits per heavy atom. The molecule has 0 spiro atoms. The predicted molar refractivity (Wildman–Crippen MR) is 104 cm³/mol. The molecule has 0 bridgehead atoms. The van der Waals surface area contributed by atoms with Crippen LogP contribution in [0.1, 0.15) is 35.7 Å². The summed E-state index contributed by atoms with van der Waals surface area (Å²) >= 11 is 0. The summed E-state index contributed by atoms with van der Waals surface area (Å²) < 4.78 is 0. The first-order valence-electron chi connectivity index (χ1n) is 8.60. The molecule has 0 saturated heterocycles. The number of anilines is 1. The molecule has 2 aromatic carbocycles. The molecule has 2 N–H and O–H groups in total. The summed E-state index contributed by atoms with van der Waals surface area (Å²) in [6, 6.07) is 16.7. The lowest BCUT2D eigenvalue weighted by molar-refractivity contribution is -0.117. The molecule has 2 amide bonds. The SMILES string of the molecule is CC(C=Cc1ccccc1)=NNC(=O)c1ccc(NC(=O)C2CC2)cc1. The molecule has 26 heavy (non-hydrogen) atoms. The van der Waals surface area contributed by atoms with Gasteiger partial charge in [-0.15, -0.1) is 0 Å². The Kier molecular flexibility index (Phi) is 5.59. The van der Waals surface area contributed by atoms with Gasteiger partial charge in [-0.2, -0.15) is 5.10 Å². The van der Waals surface area contributed by atoms with E-state index < -0.39 is 0 Å². The fourth-order valence-corrected chi connectivity index (χ4v) is 2.32. The van der Waals surface area contributed by atoms with E-state index in [0.717, 1.165) is 18.4 Å². The third kappa shape index (κ3) is 5.14. The number of carbonyl (C=O) groups is 2. The van der Waals surface area contributed by atoms with Gasteiger partial charge >= 0.3 is 0 Å². The zero-order chi connectivity index (χ0) is 18.4. The van der Waals surface area contributed by atoms with Crippen molar-refractivity contribution >= 4 is 29.3 Å². The van der Waals surface area contributed by atoms with Crippen molar-refractivity contribution in [2.45, 2.75) is 19.8 Å². The number of hydrogen-bond donors (Lipinski definition) is 2. The lowest BCUT2D eigenvalue weighted by atomic mass is 10.2. The summed E-state index contributed by atoms with van der Waals surface area (Å²) in [5.41, 5.74) is 5.47. The third-order valence-electron chi connectivity index (χ3n) is 4.01. The van der Waals surface area contributed by atoms with Crippen LogP contribution in [0, 0.1) is 5.92 Å². The van der Waals surface area contributed by atoms with Crippen LogP contribution in [0.3, 0.4) is 0 Å². The molecular weight excluding hydrogens is 326 g/mol. The van der Waals surface area contributed by atoms with E-state index in [1.165, 1.54) is 0 Å². The van der Waals surface area contributed by atoms with Crippen molar-refractivity contribution in [3.05, 3.63) is 71.8 Å². The number of amides is 2. The minimum absolute atomic E-state index is 0.0487. The van der Waals surface area contributed by atoms with Crippen molar-refractivity contribution in [3.63, 3.8) is 0 Å². The highest BCUT2D eigenvalue weighted by Crippen LogP contribution is 2.30. The van der Waals surface area contributed by atoms with Crippen LogP contribution in [0.25, 0.3) is 6.08 Å². The molecular formula is C21H21N3O2. The van der Waals surface area contributed by atoms with Gasteiger partial charge < -0.3 is 5.32 Å². The van der Waals surface area contributed by atoms with Crippen molar-refractivity contribution in [3.8, 4) is 0 Å². The molecule has 0 radical (unpaired) electrons. The monoisotopic (exact) mass is 347 g/mol. The van der Waals surface area contributed by atoms with E-state index in [4.69, 9.17) is 0 Å². The van der Waals surface area contributed by atoms with E-state index in [-0.39, 0.29) is 17.7 Å². The number of hydrazone groups is 1. The van der Waals surface area contributed by atoms with Crippen LogP contribution in [0.5, 0.6) is 0 Å². The molecule has 3 rings (SSSR count). The molecule has 132 valence electrons. The number of allylic oxidation sites excluding steroid dienone is 1. The maximum Gasteiger partial charge on any atom is 0.271 e. The first kappa shape index (κ1) is 17.6. The van der Waals surface area contributed by atoms with Crippen molar-refractivity contribution < 1.29 is 9.59 Å². The number of nitrogens with zero attached hydrogens (tertiary/aromatic N) is 1. The molecule has 0 heterocycles. The quantitative estimate of drug-likeness (QED) is 0.615. The second-order valence-electron chi connectivity index (χ2n) is 6.28. The van der Waals surface area contributed by atoms with Gasteiger partial charge in [0.05, 0.1) is 5.71 Å². The van der Waals surface area contributed by atoms with Crippen molar-refractivity contribution in [1.82, 2.24) is 5.43 Å². The van der Waals surface area contributed by atoms with Crippen LogP contribution in [0.15, 0.2) is 65.8 Å². The average molecular weight is 347 g/mol. The largest absolute Gasteiger partial charge is 0.326 e. The van der Waals surface area contributed by atoms with Gasteiger partial charge in [0.15, 0.2) is 0 Å². The third-order valence-corrected chi connectivity index (χ3v) is 4.01. The van der Waals surface area contributed by atoms with Crippen LogP contribution in [0.2, 0.25) is 0 Å². The molecule has 0 atom stereocenters. The number of benzene rings is 2. The topological polar surface area (TPSA) is 70.6 Å². The summed E-state index contributed by atoms with van der Waals surface area (Å²) in [7, 11) is 0. The van der Waals surface area contributed by atoms with Gasteiger partial charge in [-0.3, -0.25) is 9.59 Å². The summed E-state index contributed by atoms with van der Waals surface area (Å²) in [6.07, 6.45) is 5.69. The first-order chi connectivity index (χ1) is 12.6. The van der Waals surface area contributed by atoms with E-state index in [2.05, 4.69) is 15.8 Å². The van der Waals surface area contributed by atoms with Gasteiger partial charge in [0.2, 0.25) is 5.91 Å². The predicted octanol–water partition coefficient (Wildman–Crippen LogP) is 3.85. The molecule has 0 unspecified atom stereocenters. The molecule has 0 aliphatic heterocycles. The molecule has 0 aromatic heterocycles. The number of rotatable bonds is 6. The van der Waals surface area contributed by atoms with E-state index >= 15 is 0 Å². The van der Waals surface area contributed by atoms with Gasteiger partial charge in [0, 0.05) is 17.2 Å². The van der Waals surface area contributed by atoms with Gasteiger partial charge in [-0.05, 0) is 55.7 Å². The molecule has 2 aromatic rings. The fraction of sp³-hybridized carbons (Fsp3) is 0.190. The van der Waals surface area contributed by atoms with Crippen LogP contribution in [-0.2, 0) is 4.79 Å². The maximum atomic E-state index is 12.1. The first-order valence-corrected chi connectivity index (χ1v) is 8.60. The Morgan fingerprint density at radius 2 is 1.73 bits per heavy atom. The van der Waals surface area contributed by atoms with E-state index in [1.807, 2.05) is 49.4 Å². The highest BCUT2D eigenvalue weighted by Gasteiger charge is 2.29. The van der Waals surface area contributed by atoms with Gasteiger partial charge in [0.1, 0.15) is 0 Å². The highest BCUT2D eigenvalue weighted by atomic mass is 16.2. The minimum Gasteiger partial charge on any atom is -0.326 e. The minimum atomic E-state index is -0.294. The molecule has 1 fully saturated rings. The Morgan fingerprint density at radius 3 is 2.38 bits per heavy atom. The van der Waals surface area contributed by atoms with E-state index in [0.29, 0.717) is 17.0 Å². The summed E-state index contributed by atoms with van der Waals surface area (Å²) in [4.78, 5) is 23.9. The van der Waals surface area contributed by atoms with Crippen molar-refractivity contribution in [2.24, 2.45) is 11.0 Å². The fourth-order valence-electron chi connectivity index (χ4n) is 2.32.